The third-order valence-corrected chi connectivity index (χ3v) is 2.83. The second-order valence-corrected chi connectivity index (χ2v) is 5.31. The molecule has 1 aliphatic rings. The zero-order valence-electron chi connectivity index (χ0n) is 10.9. The van der Waals surface area contributed by atoms with E-state index in [4.69, 9.17) is 4.74 Å². The van der Waals surface area contributed by atoms with E-state index in [9.17, 15) is 0 Å². The van der Waals surface area contributed by atoms with Crippen molar-refractivity contribution >= 4 is 12.4 Å². The van der Waals surface area contributed by atoms with Gasteiger partial charge in [0.1, 0.15) is 0 Å². The number of hydrogen-bond donors (Lipinski definition) is 1. The van der Waals surface area contributed by atoms with Crippen molar-refractivity contribution in [2.75, 3.05) is 6.54 Å². The molecule has 0 spiro atoms. The summed E-state index contributed by atoms with van der Waals surface area (Å²) >= 11 is 0. The molecular formula is C13H21ClN2O. The lowest BCUT2D eigenvalue weighted by atomic mass is 9.83. The van der Waals surface area contributed by atoms with Gasteiger partial charge >= 0.3 is 0 Å². The molecule has 0 saturated heterocycles. The van der Waals surface area contributed by atoms with Crippen molar-refractivity contribution in [3.8, 4) is 5.88 Å². The summed E-state index contributed by atoms with van der Waals surface area (Å²) in [6.45, 7) is 10.3. The van der Waals surface area contributed by atoms with E-state index < -0.39 is 0 Å². The number of ether oxygens (including phenoxy) is 1. The Balaban J connectivity index is 0.00000144. The number of rotatable bonds is 2. The zero-order valence-corrected chi connectivity index (χ0v) is 11.7. The monoisotopic (exact) mass is 256 g/mol. The summed E-state index contributed by atoms with van der Waals surface area (Å²) in [5.41, 5.74) is 2.54. The average Bonchev–Trinajstić information content (AvgIpc) is 2.18. The van der Waals surface area contributed by atoms with E-state index in [1.807, 2.05) is 19.9 Å². The maximum Gasteiger partial charge on any atom is 0.213 e. The molecule has 0 unspecified atom stereocenters. The number of nitrogens with one attached hydrogen (secondary N) is 1. The number of pyridine rings is 1. The first-order chi connectivity index (χ1) is 7.49. The fourth-order valence-corrected chi connectivity index (χ4v) is 2.10. The summed E-state index contributed by atoms with van der Waals surface area (Å²) in [7, 11) is 0. The van der Waals surface area contributed by atoms with Crippen LogP contribution in [0, 0.1) is 0 Å². The molecule has 0 fully saturated rings. The van der Waals surface area contributed by atoms with E-state index in [-0.39, 0.29) is 23.9 Å². The number of hydrogen-bond acceptors (Lipinski definition) is 3. The maximum absolute atomic E-state index is 5.64. The highest BCUT2D eigenvalue weighted by Gasteiger charge is 2.29. The van der Waals surface area contributed by atoms with E-state index in [1.165, 1.54) is 11.3 Å². The van der Waals surface area contributed by atoms with Gasteiger partial charge in [-0.3, -0.25) is 0 Å². The van der Waals surface area contributed by atoms with Crippen LogP contribution in [0.4, 0.5) is 0 Å². The van der Waals surface area contributed by atoms with E-state index in [1.54, 1.807) is 0 Å². The molecule has 3 nitrogen and oxygen atoms in total. The summed E-state index contributed by atoms with van der Waals surface area (Å²) in [5, 5.41) is 3.41. The molecule has 0 atom stereocenters. The van der Waals surface area contributed by atoms with Gasteiger partial charge in [0.15, 0.2) is 0 Å². The summed E-state index contributed by atoms with van der Waals surface area (Å²) in [5.74, 6) is 0.740. The normalized spacial score (nSPS) is 17.2. The Morgan fingerprint density at radius 1 is 1.35 bits per heavy atom. The van der Waals surface area contributed by atoms with E-state index in [0.29, 0.717) is 0 Å². The number of aromatic nitrogens is 1. The van der Waals surface area contributed by atoms with Crippen LogP contribution in [0.3, 0.4) is 0 Å². The van der Waals surface area contributed by atoms with Crippen molar-refractivity contribution in [2.45, 2.75) is 45.8 Å². The van der Waals surface area contributed by atoms with Gasteiger partial charge in [0.25, 0.3) is 0 Å². The zero-order chi connectivity index (χ0) is 11.8. The second kappa shape index (κ2) is 5.23. The molecule has 1 aromatic heterocycles. The Bertz CT molecular complexity index is 391. The molecule has 0 amide bonds. The van der Waals surface area contributed by atoms with Crippen LogP contribution in [0.15, 0.2) is 12.1 Å². The van der Waals surface area contributed by atoms with Gasteiger partial charge in [-0.05, 0) is 19.4 Å². The lowest BCUT2D eigenvalue weighted by Gasteiger charge is -2.32. The quantitative estimate of drug-likeness (QED) is 0.884. The van der Waals surface area contributed by atoms with Gasteiger partial charge in [0, 0.05) is 24.6 Å². The molecule has 1 aliphatic heterocycles. The van der Waals surface area contributed by atoms with Crippen molar-refractivity contribution in [2.24, 2.45) is 0 Å². The van der Waals surface area contributed by atoms with Crippen LogP contribution in [0.1, 0.15) is 39.0 Å². The van der Waals surface area contributed by atoms with Crippen molar-refractivity contribution in [1.29, 1.82) is 0 Å². The Labute approximate surface area is 109 Å². The van der Waals surface area contributed by atoms with Gasteiger partial charge in [-0.2, -0.15) is 0 Å². The lowest BCUT2D eigenvalue weighted by Crippen LogP contribution is -2.39. The fraction of sp³-hybridized carbons (Fsp3) is 0.615. The Morgan fingerprint density at radius 3 is 2.71 bits per heavy atom. The first kappa shape index (κ1) is 14.3. The molecule has 4 heteroatoms. The predicted octanol–water partition coefficient (Wildman–Crippen LogP) is 2.67. The van der Waals surface area contributed by atoms with E-state index >= 15 is 0 Å². The van der Waals surface area contributed by atoms with Crippen LogP contribution in [-0.4, -0.2) is 17.6 Å². The van der Waals surface area contributed by atoms with Crippen LogP contribution in [0.25, 0.3) is 0 Å². The number of halogens is 1. The molecule has 0 aromatic carbocycles. The molecule has 2 heterocycles. The second-order valence-electron chi connectivity index (χ2n) is 5.31. The third kappa shape index (κ3) is 3.11. The Morgan fingerprint density at radius 2 is 2.06 bits per heavy atom. The summed E-state index contributed by atoms with van der Waals surface area (Å²) in [4.78, 5) is 4.64. The molecule has 96 valence electrons. The largest absolute Gasteiger partial charge is 0.475 e. The Kier molecular flexibility index (Phi) is 4.39. The molecule has 0 bridgehead atoms. The number of nitrogens with zero attached hydrogens (tertiary/aromatic N) is 1. The number of fused-ring (bicyclic) bond motifs is 1. The Hall–Kier alpha value is -0.800. The van der Waals surface area contributed by atoms with E-state index in [0.717, 1.165) is 19.0 Å². The summed E-state index contributed by atoms with van der Waals surface area (Å²) in [6.07, 6.45) is 0.176. The smallest absolute Gasteiger partial charge is 0.213 e. The molecular weight excluding hydrogens is 236 g/mol. The minimum atomic E-state index is 0. The third-order valence-electron chi connectivity index (χ3n) is 2.83. The lowest BCUT2D eigenvalue weighted by molar-refractivity contribution is 0.230. The highest BCUT2D eigenvalue weighted by molar-refractivity contribution is 5.85. The van der Waals surface area contributed by atoms with Crippen molar-refractivity contribution < 1.29 is 4.74 Å². The minimum absolute atomic E-state index is 0. The molecule has 2 rings (SSSR count). The summed E-state index contributed by atoms with van der Waals surface area (Å²) in [6, 6.07) is 4.08. The minimum Gasteiger partial charge on any atom is -0.475 e. The highest BCUT2D eigenvalue weighted by Crippen LogP contribution is 2.29. The molecule has 17 heavy (non-hydrogen) atoms. The average molecular weight is 257 g/mol. The molecule has 0 aliphatic carbocycles. The van der Waals surface area contributed by atoms with Crippen LogP contribution >= 0.6 is 12.4 Å². The predicted molar refractivity (Wildman–Crippen MR) is 72.0 cm³/mol. The van der Waals surface area contributed by atoms with Crippen LogP contribution in [0.2, 0.25) is 0 Å². The summed E-state index contributed by atoms with van der Waals surface area (Å²) < 4.78 is 5.64. The van der Waals surface area contributed by atoms with Crippen LogP contribution in [0.5, 0.6) is 5.88 Å². The van der Waals surface area contributed by atoms with Crippen molar-refractivity contribution in [1.82, 2.24) is 10.3 Å². The van der Waals surface area contributed by atoms with Gasteiger partial charge in [0.2, 0.25) is 5.88 Å². The molecule has 0 radical (unpaired) electrons. The first-order valence-corrected chi connectivity index (χ1v) is 5.87. The van der Waals surface area contributed by atoms with Crippen molar-refractivity contribution in [3.05, 3.63) is 23.4 Å². The maximum atomic E-state index is 5.64. The van der Waals surface area contributed by atoms with Gasteiger partial charge < -0.3 is 10.1 Å². The standard InChI is InChI=1S/C13H20N2O.ClH/c1-9(2)16-11-6-5-10-7-14-8-13(3,4)12(10)15-11;/h5-6,9,14H,7-8H2,1-4H3;1H. The van der Waals surface area contributed by atoms with Gasteiger partial charge in [0.05, 0.1) is 11.8 Å². The molecule has 0 saturated carbocycles. The van der Waals surface area contributed by atoms with Crippen LogP contribution < -0.4 is 10.1 Å². The molecule has 1 N–H and O–H groups in total. The fourth-order valence-electron chi connectivity index (χ4n) is 2.10. The van der Waals surface area contributed by atoms with Crippen LogP contribution in [-0.2, 0) is 12.0 Å². The first-order valence-electron chi connectivity index (χ1n) is 5.87. The van der Waals surface area contributed by atoms with Gasteiger partial charge in [-0.25, -0.2) is 4.98 Å². The molecule has 1 aromatic rings. The SMILES string of the molecule is CC(C)Oc1ccc2c(n1)C(C)(C)CNC2.Cl. The highest BCUT2D eigenvalue weighted by atomic mass is 35.5. The van der Waals surface area contributed by atoms with E-state index in [2.05, 4.69) is 30.2 Å². The van der Waals surface area contributed by atoms with Gasteiger partial charge in [-0.15, -0.1) is 12.4 Å². The topological polar surface area (TPSA) is 34.1 Å². The van der Waals surface area contributed by atoms with Crippen molar-refractivity contribution in [3.63, 3.8) is 0 Å². The van der Waals surface area contributed by atoms with Gasteiger partial charge in [-0.1, -0.05) is 19.9 Å².